The molecule has 0 unspecified atom stereocenters. The van der Waals surface area contributed by atoms with E-state index < -0.39 is 5.41 Å². The number of ether oxygens (including phenoxy) is 2. The molecule has 0 aromatic heterocycles. The molecule has 0 atom stereocenters. The third-order valence-corrected chi connectivity index (χ3v) is 3.85. The van der Waals surface area contributed by atoms with Gasteiger partial charge in [0.1, 0.15) is 5.75 Å². The molecule has 0 radical (unpaired) electrons. The van der Waals surface area contributed by atoms with E-state index in [4.69, 9.17) is 9.47 Å². The number of Topliss-reactive ketones (excluding diaryl/α,β-unsaturated/α-hetero) is 1. The van der Waals surface area contributed by atoms with Crippen molar-refractivity contribution >= 4 is 27.7 Å². The predicted molar refractivity (Wildman–Crippen MR) is 89.7 cm³/mol. The monoisotopic (exact) mass is 370 g/mol. The van der Waals surface area contributed by atoms with Crippen LogP contribution in [0.25, 0.3) is 0 Å². The van der Waals surface area contributed by atoms with Crippen LogP contribution in [-0.2, 0) is 9.53 Å². The maximum atomic E-state index is 11.8. The molecular weight excluding hydrogens is 348 g/mol. The van der Waals surface area contributed by atoms with Crippen LogP contribution in [0, 0.1) is 5.41 Å². The molecule has 1 rings (SSSR count). The van der Waals surface area contributed by atoms with Crippen molar-refractivity contribution in [1.82, 2.24) is 0 Å². The van der Waals surface area contributed by atoms with Gasteiger partial charge in [-0.2, -0.15) is 0 Å². The molecule has 5 heteroatoms. The van der Waals surface area contributed by atoms with Gasteiger partial charge in [-0.25, -0.2) is 0 Å². The van der Waals surface area contributed by atoms with Crippen LogP contribution < -0.4 is 4.74 Å². The lowest BCUT2D eigenvalue weighted by Gasteiger charge is -2.22. The van der Waals surface area contributed by atoms with Crippen LogP contribution in [0.5, 0.6) is 5.75 Å². The first kappa shape index (κ1) is 18.7. The summed E-state index contributed by atoms with van der Waals surface area (Å²) in [5.74, 6) is 0.593. The summed E-state index contributed by atoms with van der Waals surface area (Å²) in [6, 6.07) is 7.07. The average Bonchev–Trinajstić information content (AvgIpc) is 2.51. The van der Waals surface area contributed by atoms with Crippen molar-refractivity contribution in [2.45, 2.75) is 33.6 Å². The van der Waals surface area contributed by atoms with Gasteiger partial charge < -0.3 is 9.47 Å². The number of alkyl halides is 1. The maximum absolute atomic E-state index is 11.8. The first-order valence-electron chi connectivity index (χ1n) is 7.40. The third kappa shape index (κ3) is 5.79. The van der Waals surface area contributed by atoms with Crippen molar-refractivity contribution in [3.8, 4) is 5.75 Å². The zero-order valence-corrected chi connectivity index (χ0v) is 14.9. The SMILES string of the molecule is CCOC(=O)C(C)(C)CCCOc1ccc(C(=O)CBr)cc1. The van der Waals surface area contributed by atoms with Crippen molar-refractivity contribution in [2.24, 2.45) is 5.41 Å². The molecule has 0 spiro atoms. The van der Waals surface area contributed by atoms with Gasteiger partial charge in [-0.1, -0.05) is 15.9 Å². The van der Waals surface area contributed by atoms with Gasteiger partial charge in [-0.05, 0) is 57.9 Å². The lowest BCUT2D eigenvalue weighted by atomic mass is 9.88. The Hall–Kier alpha value is -1.36. The second-order valence-corrected chi connectivity index (χ2v) is 6.20. The van der Waals surface area contributed by atoms with E-state index in [1.165, 1.54) is 0 Å². The minimum absolute atomic E-state index is 0.0442. The fourth-order valence-electron chi connectivity index (χ4n) is 1.95. The molecule has 0 N–H and O–H groups in total. The van der Waals surface area contributed by atoms with Gasteiger partial charge in [-0.15, -0.1) is 0 Å². The molecule has 0 amide bonds. The standard InChI is InChI=1S/C17H23BrO4/c1-4-21-16(20)17(2,3)10-5-11-22-14-8-6-13(7-9-14)15(19)12-18/h6-9H,4-5,10-12H2,1-3H3. The predicted octanol–water partition coefficient (Wildman–Crippen LogP) is 4.01. The van der Waals surface area contributed by atoms with Crippen LogP contribution in [0.1, 0.15) is 44.0 Å². The first-order valence-corrected chi connectivity index (χ1v) is 8.52. The maximum Gasteiger partial charge on any atom is 0.311 e. The smallest absolute Gasteiger partial charge is 0.311 e. The van der Waals surface area contributed by atoms with Crippen molar-refractivity contribution in [3.63, 3.8) is 0 Å². The van der Waals surface area contributed by atoms with Crippen molar-refractivity contribution in [2.75, 3.05) is 18.5 Å². The van der Waals surface area contributed by atoms with Gasteiger partial charge in [0.2, 0.25) is 0 Å². The molecule has 22 heavy (non-hydrogen) atoms. The summed E-state index contributed by atoms with van der Waals surface area (Å²) in [6.45, 7) is 6.49. The van der Waals surface area contributed by atoms with Gasteiger partial charge in [0.25, 0.3) is 0 Å². The number of halogens is 1. The Morgan fingerprint density at radius 1 is 1.18 bits per heavy atom. The fourth-order valence-corrected chi connectivity index (χ4v) is 2.27. The topological polar surface area (TPSA) is 52.6 Å². The minimum Gasteiger partial charge on any atom is -0.494 e. The summed E-state index contributed by atoms with van der Waals surface area (Å²) < 4.78 is 10.7. The normalized spacial score (nSPS) is 11.1. The molecule has 0 saturated carbocycles. The zero-order chi connectivity index (χ0) is 16.6. The number of carbonyl (C=O) groups excluding carboxylic acids is 2. The van der Waals surface area contributed by atoms with Crippen LogP contribution in [0.3, 0.4) is 0 Å². The highest BCUT2D eigenvalue weighted by Crippen LogP contribution is 2.24. The van der Waals surface area contributed by atoms with E-state index in [1.807, 2.05) is 13.8 Å². The van der Waals surface area contributed by atoms with Crippen LogP contribution in [0.2, 0.25) is 0 Å². The molecule has 0 saturated heterocycles. The van der Waals surface area contributed by atoms with E-state index in [0.29, 0.717) is 30.5 Å². The minimum atomic E-state index is -0.495. The highest BCUT2D eigenvalue weighted by Gasteiger charge is 2.28. The summed E-state index contributed by atoms with van der Waals surface area (Å²) >= 11 is 3.14. The Morgan fingerprint density at radius 3 is 2.36 bits per heavy atom. The molecule has 1 aromatic carbocycles. The first-order chi connectivity index (χ1) is 10.4. The lowest BCUT2D eigenvalue weighted by Crippen LogP contribution is -2.27. The summed E-state index contributed by atoms with van der Waals surface area (Å²) in [5.41, 5.74) is 0.165. The van der Waals surface area contributed by atoms with Crippen molar-refractivity contribution in [1.29, 1.82) is 0 Å². The van der Waals surface area contributed by atoms with E-state index in [1.54, 1.807) is 31.2 Å². The van der Waals surface area contributed by atoms with E-state index in [2.05, 4.69) is 15.9 Å². The summed E-state index contributed by atoms with van der Waals surface area (Å²) in [7, 11) is 0. The molecule has 4 nitrogen and oxygen atoms in total. The number of hydrogen-bond donors (Lipinski definition) is 0. The van der Waals surface area contributed by atoms with E-state index >= 15 is 0 Å². The van der Waals surface area contributed by atoms with Gasteiger partial charge in [0.15, 0.2) is 5.78 Å². The molecule has 122 valence electrons. The van der Waals surface area contributed by atoms with Crippen molar-refractivity contribution < 1.29 is 19.1 Å². The van der Waals surface area contributed by atoms with Gasteiger partial charge in [0, 0.05) is 5.56 Å². The largest absolute Gasteiger partial charge is 0.494 e. The summed E-state index contributed by atoms with van der Waals surface area (Å²) in [5, 5.41) is 0.316. The van der Waals surface area contributed by atoms with Crippen LogP contribution in [-0.4, -0.2) is 30.3 Å². The average molecular weight is 371 g/mol. The van der Waals surface area contributed by atoms with E-state index in [9.17, 15) is 9.59 Å². The summed E-state index contributed by atoms with van der Waals surface area (Å²) in [6.07, 6.45) is 1.46. The number of esters is 1. The third-order valence-electron chi connectivity index (χ3n) is 3.34. The molecular formula is C17H23BrO4. The van der Waals surface area contributed by atoms with E-state index in [0.717, 1.165) is 12.2 Å². The number of ketones is 1. The highest BCUT2D eigenvalue weighted by atomic mass is 79.9. The lowest BCUT2D eigenvalue weighted by molar-refractivity contribution is -0.153. The molecule has 0 aliphatic rings. The van der Waals surface area contributed by atoms with Gasteiger partial charge >= 0.3 is 5.97 Å². The second kappa shape index (κ2) is 8.93. The summed E-state index contributed by atoms with van der Waals surface area (Å²) in [4.78, 5) is 23.2. The van der Waals surface area contributed by atoms with Gasteiger partial charge in [0.05, 0.1) is 24.0 Å². The number of benzene rings is 1. The molecule has 0 heterocycles. The number of carbonyl (C=O) groups is 2. The Balaban J connectivity index is 2.38. The molecule has 0 bridgehead atoms. The molecule has 0 aliphatic carbocycles. The quantitative estimate of drug-likeness (QED) is 0.285. The van der Waals surface area contributed by atoms with Crippen LogP contribution >= 0.6 is 15.9 Å². The van der Waals surface area contributed by atoms with Gasteiger partial charge in [-0.3, -0.25) is 9.59 Å². The Bertz CT molecular complexity index is 494. The fraction of sp³-hybridized carbons (Fsp3) is 0.529. The Labute approximate surface area is 140 Å². The molecule has 0 fully saturated rings. The molecule has 0 aliphatic heterocycles. The zero-order valence-electron chi connectivity index (χ0n) is 13.4. The van der Waals surface area contributed by atoms with Crippen LogP contribution in [0.15, 0.2) is 24.3 Å². The van der Waals surface area contributed by atoms with Crippen LogP contribution in [0.4, 0.5) is 0 Å². The number of hydrogen-bond acceptors (Lipinski definition) is 4. The number of rotatable bonds is 9. The van der Waals surface area contributed by atoms with E-state index in [-0.39, 0.29) is 11.8 Å². The van der Waals surface area contributed by atoms with Crippen molar-refractivity contribution in [3.05, 3.63) is 29.8 Å². The molecule has 1 aromatic rings. The Kier molecular flexibility index (Phi) is 7.59. The highest BCUT2D eigenvalue weighted by molar-refractivity contribution is 9.09. The Morgan fingerprint density at radius 2 is 1.82 bits per heavy atom. The second-order valence-electron chi connectivity index (χ2n) is 5.64.